The molecule has 0 aliphatic rings. The van der Waals surface area contributed by atoms with Crippen LogP contribution in [0.25, 0.3) is 38.9 Å². The van der Waals surface area contributed by atoms with Crippen molar-refractivity contribution in [2.45, 2.75) is 13.0 Å². The summed E-state index contributed by atoms with van der Waals surface area (Å²) in [6.45, 7) is 1.65. The van der Waals surface area contributed by atoms with Gasteiger partial charge in [-0.15, -0.1) is 0 Å². The van der Waals surface area contributed by atoms with Crippen molar-refractivity contribution >= 4 is 39.4 Å². The molecule has 2 aromatic carbocycles. The van der Waals surface area contributed by atoms with E-state index in [9.17, 15) is 13.6 Å². The fourth-order valence-corrected chi connectivity index (χ4v) is 4.95. The Morgan fingerprint density at radius 1 is 1.05 bits per heavy atom. The number of nitrogen functional groups attached to an aromatic ring is 1. The maximum absolute atomic E-state index is 15.2. The van der Waals surface area contributed by atoms with Gasteiger partial charge in [0.2, 0.25) is 5.82 Å². The molecule has 0 spiro atoms. The molecule has 1 unspecified atom stereocenters. The molecule has 2 N–H and O–H groups in total. The van der Waals surface area contributed by atoms with Crippen LogP contribution < -0.4 is 16.0 Å². The van der Waals surface area contributed by atoms with Gasteiger partial charge in [0.25, 0.3) is 5.56 Å². The number of methoxy groups -OCH3 is 1. The highest BCUT2D eigenvalue weighted by atomic mass is 35.5. The summed E-state index contributed by atoms with van der Waals surface area (Å²) < 4.78 is 51.6. The first-order valence-corrected chi connectivity index (χ1v) is 12.4. The quantitative estimate of drug-likeness (QED) is 0.307. The zero-order valence-corrected chi connectivity index (χ0v) is 22.1. The molecule has 14 heteroatoms. The zero-order chi connectivity index (χ0) is 29.0. The van der Waals surface area contributed by atoms with Crippen LogP contribution in [0, 0.1) is 17.5 Å². The molecule has 6 aromatic rings. The van der Waals surface area contributed by atoms with Crippen molar-refractivity contribution in [3.63, 3.8) is 0 Å². The lowest BCUT2D eigenvalue weighted by Gasteiger charge is -2.19. The van der Waals surface area contributed by atoms with Gasteiger partial charge >= 0.3 is 0 Å². The van der Waals surface area contributed by atoms with E-state index in [0.717, 1.165) is 12.3 Å². The second-order valence-corrected chi connectivity index (χ2v) is 9.38. The third-order valence-electron chi connectivity index (χ3n) is 6.60. The highest BCUT2D eigenvalue weighted by Crippen LogP contribution is 2.36. The van der Waals surface area contributed by atoms with Gasteiger partial charge in [-0.1, -0.05) is 17.7 Å². The normalized spacial score (nSPS) is 12.2. The van der Waals surface area contributed by atoms with Gasteiger partial charge in [0, 0.05) is 11.6 Å². The zero-order valence-electron chi connectivity index (χ0n) is 21.3. The lowest BCUT2D eigenvalue weighted by molar-refractivity contribution is 0.372. The van der Waals surface area contributed by atoms with Crippen LogP contribution in [0.5, 0.6) is 5.75 Å². The van der Waals surface area contributed by atoms with Crippen LogP contribution in [0.1, 0.15) is 18.8 Å². The Hall–Kier alpha value is -5.04. The molecule has 6 rings (SSSR count). The number of fused-ring (bicyclic) bond motifs is 2. The summed E-state index contributed by atoms with van der Waals surface area (Å²) in [5.74, 6) is -3.34. The molecule has 0 saturated carbocycles. The number of aromatic nitrogens is 7. The molecule has 0 bridgehead atoms. The van der Waals surface area contributed by atoms with Crippen molar-refractivity contribution in [2.75, 3.05) is 12.8 Å². The van der Waals surface area contributed by atoms with Crippen molar-refractivity contribution < 1.29 is 17.9 Å². The standard InChI is InChI=1S/C27H18ClF3N8O2/c1-12(25-36-17-5-3-4-16(28)19(17)27(40)38(25)14-8-13(29)9-33-10-14)39-26-20(24(32)34-11-35-26)23(37-39)15-6-7-18(41-2)22(31)21(15)30/h3-12H,1-2H3,(H2,32,34,35). The topological polar surface area (TPSA) is 127 Å². The van der Waals surface area contributed by atoms with E-state index in [0.29, 0.717) is 0 Å². The molecule has 41 heavy (non-hydrogen) atoms. The second kappa shape index (κ2) is 9.86. The Labute approximate surface area is 233 Å². The number of anilines is 1. The van der Waals surface area contributed by atoms with E-state index in [1.54, 1.807) is 25.1 Å². The number of rotatable bonds is 5. The van der Waals surface area contributed by atoms with Crippen LogP contribution in [-0.4, -0.2) is 41.4 Å². The van der Waals surface area contributed by atoms with Gasteiger partial charge in [0.15, 0.2) is 17.2 Å². The molecule has 0 fully saturated rings. The first-order valence-electron chi connectivity index (χ1n) is 12.0. The Bertz CT molecular complexity index is 2060. The average molecular weight is 579 g/mol. The van der Waals surface area contributed by atoms with E-state index < -0.39 is 29.1 Å². The summed E-state index contributed by atoms with van der Waals surface area (Å²) in [6, 6.07) is 7.56. The van der Waals surface area contributed by atoms with Crippen LogP contribution in [-0.2, 0) is 0 Å². The number of hydrogen-bond acceptors (Lipinski definition) is 8. The van der Waals surface area contributed by atoms with Gasteiger partial charge in [0.1, 0.15) is 35.5 Å². The summed E-state index contributed by atoms with van der Waals surface area (Å²) in [6.07, 6.45) is 3.48. The minimum Gasteiger partial charge on any atom is -0.494 e. The van der Waals surface area contributed by atoms with Gasteiger partial charge in [-0.25, -0.2) is 28.4 Å². The van der Waals surface area contributed by atoms with E-state index in [1.165, 1.54) is 41.0 Å². The number of nitrogens with zero attached hydrogens (tertiary/aromatic N) is 7. The molecule has 4 aromatic heterocycles. The summed E-state index contributed by atoms with van der Waals surface area (Å²) in [5.41, 5.74) is 5.83. The largest absolute Gasteiger partial charge is 0.494 e. The lowest BCUT2D eigenvalue weighted by atomic mass is 10.1. The number of hydrogen-bond donors (Lipinski definition) is 1. The molecule has 0 amide bonds. The molecule has 0 radical (unpaired) electrons. The number of halogens is 4. The maximum atomic E-state index is 15.2. The maximum Gasteiger partial charge on any atom is 0.267 e. The highest BCUT2D eigenvalue weighted by molar-refractivity contribution is 6.35. The second-order valence-electron chi connectivity index (χ2n) is 8.98. The minimum atomic E-state index is -1.21. The van der Waals surface area contributed by atoms with E-state index in [1.807, 2.05) is 0 Å². The smallest absolute Gasteiger partial charge is 0.267 e. The van der Waals surface area contributed by atoms with Crippen molar-refractivity contribution in [1.82, 2.24) is 34.3 Å². The van der Waals surface area contributed by atoms with Gasteiger partial charge in [0.05, 0.1) is 46.5 Å². The van der Waals surface area contributed by atoms with Gasteiger partial charge in [-0.2, -0.15) is 9.49 Å². The Kier molecular flexibility index (Phi) is 6.30. The minimum absolute atomic E-state index is 0.0379. The average Bonchev–Trinajstić information content (AvgIpc) is 3.34. The molecular formula is C27H18ClF3N8O2. The van der Waals surface area contributed by atoms with Crippen LogP contribution in [0.4, 0.5) is 19.0 Å². The number of nitrogens with two attached hydrogens (primary N) is 1. The monoisotopic (exact) mass is 578 g/mol. The predicted octanol–water partition coefficient (Wildman–Crippen LogP) is 4.86. The van der Waals surface area contributed by atoms with Crippen LogP contribution in [0.2, 0.25) is 5.02 Å². The molecular weight excluding hydrogens is 561 g/mol. The summed E-state index contributed by atoms with van der Waals surface area (Å²) in [7, 11) is 1.21. The van der Waals surface area contributed by atoms with Crippen molar-refractivity contribution in [2.24, 2.45) is 0 Å². The van der Waals surface area contributed by atoms with Crippen molar-refractivity contribution in [3.05, 3.63) is 93.8 Å². The van der Waals surface area contributed by atoms with E-state index >= 15 is 4.39 Å². The number of pyridine rings is 1. The van der Waals surface area contributed by atoms with E-state index in [4.69, 9.17) is 22.1 Å². The molecule has 1 atom stereocenters. The number of benzene rings is 2. The van der Waals surface area contributed by atoms with Crippen LogP contribution >= 0.6 is 11.6 Å². The summed E-state index contributed by atoms with van der Waals surface area (Å²) >= 11 is 6.35. The highest BCUT2D eigenvalue weighted by Gasteiger charge is 2.28. The van der Waals surface area contributed by atoms with Crippen molar-refractivity contribution in [3.8, 4) is 22.7 Å². The molecule has 206 valence electrons. The van der Waals surface area contributed by atoms with E-state index in [2.05, 4.69) is 25.0 Å². The first-order chi connectivity index (χ1) is 19.7. The first kappa shape index (κ1) is 26.2. The molecule has 0 aliphatic carbocycles. The summed E-state index contributed by atoms with van der Waals surface area (Å²) in [4.78, 5) is 30.7. The molecule has 10 nitrogen and oxygen atoms in total. The Balaban J connectivity index is 1.66. The van der Waals surface area contributed by atoms with Gasteiger partial charge < -0.3 is 10.5 Å². The predicted molar refractivity (Wildman–Crippen MR) is 146 cm³/mol. The SMILES string of the molecule is COc1ccc(-c2nn(C(C)c3nc4cccc(Cl)c4c(=O)n3-c3cncc(F)c3)c3ncnc(N)c23)c(F)c1F. The fourth-order valence-electron chi connectivity index (χ4n) is 4.70. The van der Waals surface area contributed by atoms with Crippen LogP contribution in [0.15, 0.2) is 59.9 Å². The van der Waals surface area contributed by atoms with Gasteiger partial charge in [-0.05, 0) is 31.2 Å². The van der Waals surface area contributed by atoms with Gasteiger partial charge in [-0.3, -0.25) is 14.3 Å². The Morgan fingerprint density at radius 3 is 2.61 bits per heavy atom. The third kappa shape index (κ3) is 4.12. The third-order valence-corrected chi connectivity index (χ3v) is 6.92. The van der Waals surface area contributed by atoms with Crippen LogP contribution in [0.3, 0.4) is 0 Å². The number of ether oxygens (including phenoxy) is 1. The van der Waals surface area contributed by atoms with Crippen molar-refractivity contribution in [1.29, 1.82) is 0 Å². The Morgan fingerprint density at radius 2 is 1.85 bits per heavy atom. The molecule has 0 aliphatic heterocycles. The molecule has 0 saturated heterocycles. The lowest BCUT2D eigenvalue weighted by Crippen LogP contribution is -2.28. The van der Waals surface area contributed by atoms with E-state index in [-0.39, 0.29) is 61.3 Å². The summed E-state index contributed by atoms with van der Waals surface area (Å²) in [5, 5.41) is 4.96. The molecule has 4 heterocycles. The fraction of sp³-hybridized carbons (Fsp3) is 0.111.